The van der Waals surface area contributed by atoms with Gasteiger partial charge in [0.25, 0.3) is 0 Å². The first-order valence-corrected chi connectivity index (χ1v) is 11.0. The Kier molecular flexibility index (Phi) is 7.35. The first-order chi connectivity index (χ1) is 12.7. The van der Waals surface area contributed by atoms with E-state index in [1.807, 2.05) is 0 Å². The lowest BCUT2D eigenvalue weighted by molar-refractivity contribution is -0.127. The summed E-state index contributed by atoms with van der Waals surface area (Å²) in [7, 11) is 0. The van der Waals surface area contributed by atoms with E-state index in [9.17, 15) is 9.59 Å². The van der Waals surface area contributed by atoms with E-state index < -0.39 is 0 Å². The van der Waals surface area contributed by atoms with Gasteiger partial charge in [0.15, 0.2) is 0 Å². The minimum Gasteiger partial charge on any atom is -0.353 e. The first kappa shape index (κ1) is 19.7. The highest BCUT2D eigenvalue weighted by Crippen LogP contribution is 2.29. The van der Waals surface area contributed by atoms with Crippen molar-refractivity contribution >= 4 is 11.8 Å². The number of carbonyl (C=O) groups excluding carboxylic acids is 2. The number of amides is 2. The lowest BCUT2D eigenvalue weighted by atomic mass is 9.82. The normalized spacial score (nSPS) is 29.3. The molecule has 1 unspecified atom stereocenters. The van der Waals surface area contributed by atoms with Gasteiger partial charge in [-0.25, -0.2) is 0 Å². The van der Waals surface area contributed by atoms with Gasteiger partial charge >= 0.3 is 0 Å². The molecule has 0 radical (unpaired) electrons. The lowest BCUT2D eigenvalue weighted by Gasteiger charge is -2.33. The fourth-order valence-electron chi connectivity index (χ4n) is 5.21. The molecule has 0 aromatic rings. The molecule has 0 aliphatic heterocycles. The maximum Gasteiger partial charge on any atom is 0.223 e. The van der Waals surface area contributed by atoms with E-state index in [1.54, 1.807) is 0 Å². The van der Waals surface area contributed by atoms with Crippen molar-refractivity contribution in [2.24, 2.45) is 23.5 Å². The zero-order valence-corrected chi connectivity index (χ0v) is 16.2. The summed E-state index contributed by atoms with van der Waals surface area (Å²) in [4.78, 5) is 25.0. The van der Waals surface area contributed by atoms with Gasteiger partial charge in [0, 0.05) is 30.5 Å². The minimum atomic E-state index is 0.0901. The van der Waals surface area contributed by atoms with Gasteiger partial charge in [-0.2, -0.15) is 0 Å². The highest BCUT2D eigenvalue weighted by molar-refractivity contribution is 5.80. The summed E-state index contributed by atoms with van der Waals surface area (Å²) in [5, 5.41) is 6.49. The van der Waals surface area contributed by atoms with Crippen molar-refractivity contribution in [1.29, 1.82) is 0 Å². The topological polar surface area (TPSA) is 84.2 Å². The molecule has 5 heteroatoms. The van der Waals surface area contributed by atoms with Gasteiger partial charge in [0.2, 0.25) is 11.8 Å². The molecule has 3 fully saturated rings. The van der Waals surface area contributed by atoms with Crippen LogP contribution < -0.4 is 16.4 Å². The van der Waals surface area contributed by atoms with Crippen LogP contribution in [0.5, 0.6) is 0 Å². The highest BCUT2D eigenvalue weighted by Gasteiger charge is 2.31. The largest absolute Gasteiger partial charge is 0.353 e. The minimum absolute atomic E-state index is 0.0901. The monoisotopic (exact) mass is 363 g/mol. The summed E-state index contributed by atoms with van der Waals surface area (Å²) >= 11 is 0. The van der Waals surface area contributed by atoms with E-state index in [2.05, 4.69) is 10.6 Å². The summed E-state index contributed by atoms with van der Waals surface area (Å²) < 4.78 is 0. The fourth-order valence-corrected chi connectivity index (χ4v) is 5.21. The van der Waals surface area contributed by atoms with Gasteiger partial charge in [-0.05, 0) is 57.3 Å². The van der Waals surface area contributed by atoms with Crippen LogP contribution in [0.25, 0.3) is 0 Å². The number of rotatable bonds is 6. The van der Waals surface area contributed by atoms with Crippen LogP contribution in [-0.4, -0.2) is 30.4 Å². The van der Waals surface area contributed by atoms with Gasteiger partial charge < -0.3 is 16.4 Å². The van der Waals surface area contributed by atoms with Crippen molar-refractivity contribution in [2.45, 2.75) is 95.6 Å². The molecule has 3 saturated carbocycles. The number of nitrogens with two attached hydrogens (primary N) is 1. The molecule has 0 spiro atoms. The second kappa shape index (κ2) is 9.72. The molecular formula is C21H37N3O2. The van der Waals surface area contributed by atoms with Crippen LogP contribution in [0.2, 0.25) is 0 Å². The summed E-state index contributed by atoms with van der Waals surface area (Å²) in [5.74, 6) is 1.31. The van der Waals surface area contributed by atoms with Gasteiger partial charge in [0.05, 0.1) is 0 Å². The molecule has 4 N–H and O–H groups in total. The number of hydrogen-bond donors (Lipinski definition) is 3. The zero-order valence-electron chi connectivity index (χ0n) is 16.2. The highest BCUT2D eigenvalue weighted by atomic mass is 16.2. The Hall–Kier alpha value is -1.10. The van der Waals surface area contributed by atoms with Crippen LogP contribution in [0.3, 0.4) is 0 Å². The van der Waals surface area contributed by atoms with E-state index in [4.69, 9.17) is 5.73 Å². The van der Waals surface area contributed by atoms with E-state index in [0.717, 1.165) is 38.5 Å². The Morgan fingerprint density at radius 1 is 0.769 bits per heavy atom. The van der Waals surface area contributed by atoms with Crippen molar-refractivity contribution in [2.75, 3.05) is 6.54 Å². The number of nitrogens with one attached hydrogen (secondary N) is 2. The van der Waals surface area contributed by atoms with Crippen LogP contribution in [0, 0.1) is 17.8 Å². The van der Waals surface area contributed by atoms with Crippen molar-refractivity contribution in [3.63, 3.8) is 0 Å². The maximum atomic E-state index is 12.7. The van der Waals surface area contributed by atoms with Crippen molar-refractivity contribution < 1.29 is 9.59 Å². The van der Waals surface area contributed by atoms with Gasteiger partial charge in [-0.3, -0.25) is 9.59 Å². The second-order valence-corrected chi connectivity index (χ2v) is 8.79. The van der Waals surface area contributed by atoms with E-state index in [-0.39, 0.29) is 35.7 Å². The summed E-state index contributed by atoms with van der Waals surface area (Å²) in [6.45, 7) is 0.545. The zero-order chi connectivity index (χ0) is 18.4. The molecule has 0 heterocycles. The molecule has 3 aliphatic carbocycles. The molecular weight excluding hydrogens is 326 g/mol. The van der Waals surface area contributed by atoms with E-state index in [0.29, 0.717) is 12.5 Å². The molecule has 26 heavy (non-hydrogen) atoms. The third-order valence-electron chi connectivity index (χ3n) is 6.97. The van der Waals surface area contributed by atoms with E-state index >= 15 is 0 Å². The van der Waals surface area contributed by atoms with Crippen molar-refractivity contribution in [3.8, 4) is 0 Å². The Bertz CT molecular complexity index is 462. The number of hydrogen-bond acceptors (Lipinski definition) is 3. The van der Waals surface area contributed by atoms with Crippen LogP contribution in [0.15, 0.2) is 0 Å². The molecule has 0 bridgehead atoms. The van der Waals surface area contributed by atoms with Gasteiger partial charge in [0.1, 0.15) is 0 Å². The van der Waals surface area contributed by atoms with Crippen molar-refractivity contribution in [1.82, 2.24) is 10.6 Å². The average Bonchev–Trinajstić information content (AvgIpc) is 3.22. The molecule has 5 nitrogen and oxygen atoms in total. The maximum absolute atomic E-state index is 12.7. The standard InChI is InChI=1S/C21H37N3O2/c22-14-19(15-6-2-1-3-7-15)24-21(26)17-10-12-18(13-11-17)23-20(25)16-8-4-5-9-16/h15-19H,1-14,22H2,(H,23,25)(H,24,26). The predicted molar refractivity (Wildman–Crippen MR) is 103 cm³/mol. The summed E-state index contributed by atoms with van der Waals surface area (Å²) in [6, 6.07) is 0.401. The van der Waals surface area contributed by atoms with E-state index in [1.165, 1.54) is 44.9 Å². The molecule has 0 saturated heterocycles. The van der Waals surface area contributed by atoms with Crippen LogP contribution in [-0.2, 0) is 9.59 Å². The molecule has 0 aromatic heterocycles. The van der Waals surface area contributed by atoms with Crippen LogP contribution in [0.4, 0.5) is 0 Å². The third kappa shape index (κ3) is 5.21. The lowest BCUT2D eigenvalue weighted by Crippen LogP contribution is -2.49. The smallest absolute Gasteiger partial charge is 0.223 e. The van der Waals surface area contributed by atoms with Crippen LogP contribution in [0.1, 0.15) is 83.5 Å². The predicted octanol–water partition coefficient (Wildman–Crippen LogP) is 2.88. The Labute approximate surface area is 158 Å². The third-order valence-corrected chi connectivity index (χ3v) is 6.97. The molecule has 2 amide bonds. The molecule has 3 aliphatic rings. The summed E-state index contributed by atoms with van der Waals surface area (Å²) in [5.41, 5.74) is 5.96. The average molecular weight is 364 g/mol. The molecule has 0 aromatic carbocycles. The molecule has 1 atom stereocenters. The SMILES string of the molecule is NCC(NC(=O)C1CCC(NC(=O)C2CCCC2)CC1)C1CCCCC1. The Morgan fingerprint density at radius 2 is 1.35 bits per heavy atom. The van der Waals surface area contributed by atoms with Gasteiger partial charge in [-0.15, -0.1) is 0 Å². The first-order valence-electron chi connectivity index (χ1n) is 11.0. The molecule has 148 valence electrons. The second-order valence-electron chi connectivity index (χ2n) is 8.79. The number of carbonyl (C=O) groups is 2. The Morgan fingerprint density at radius 3 is 1.96 bits per heavy atom. The van der Waals surface area contributed by atoms with Gasteiger partial charge in [-0.1, -0.05) is 32.1 Å². The van der Waals surface area contributed by atoms with Crippen molar-refractivity contribution in [3.05, 3.63) is 0 Å². The Balaban J connectivity index is 1.40. The van der Waals surface area contributed by atoms with Crippen LogP contribution >= 0.6 is 0 Å². The summed E-state index contributed by atoms with van der Waals surface area (Å²) in [6.07, 6.45) is 14.3. The fraction of sp³-hybridized carbons (Fsp3) is 0.905. The quantitative estimate of drug-likeness (QED) is 0.678. The molecule has 3 rings (SSSR count).